The molecule has 12 heteroatoms. The second-order valence-corrected chi connectivity index (χ2v) is 12.1. The average molecular weight is 612 g/mol. The lowest BCUT2D eigenvalue weighted by molar-refractivity contribution is -0.137. The SMILES string of the molecule is CCC(=O)N[C@H](Cc1ccc(NC(=O)[C@@H](NC(=O)c2ccnn2CC)[C@H]2CC[C@H](C)CC2)c(F)c1)C(=O)N1CCN(C)CC1. The number of likely N-dealkylation sites (N-methyl/N-ethyl adjacent to an activating group) is 1. The van der Waals surface area contributed by atoms with Gasteiger partial charge in [0, 0.05) is 51.8 Å². The van der Waals surface area contributed by atoms with Crippen LogP contribution in [0.25, 0.3) is 0 Å². The van der Waals surface area contributed by atoms with Gasteiger partial charge in [-0.2, -0.15) is 5.10 Å². The van der Waals surface area contributed by atoms with Crippen LogP contribution in [0.5, 0.6) is 0 Å². The van der Waals surface area contributed by atoms with Crippen LogP contribution >= 0.6 is 0 Å². The van der Waals surface area contributed by atoms with Gasteiger partial charge in [-0.3, -0.25) is 23.9 Å². The summed E-state index contributed by atoms with van der Waals surface area (Å²) in [6.45, 7) is 8.89. The van der Waals surface area contributed by atoms with Crippen molar-refractivity contribution < 1.29 is 23.6 Å². The summed E-state index contributed by atoms with van der Waals surface area (Å²) < 4.78 is 17.0. The Hall–Kier alpha value is -3.80. The molecule has 240 valence electrons. The van der Waals surface area contributed by atoms with Crippen LogP contribution in [0.1, 0.15) is 68.9 Å². The number of rotatable bonds is 11. The molecular formula is C32H46FN7O4. The molecule has 4 amide bonds. The van der Waals surface area contributed by atoms with Gasteiger partial charge in [0.25, 0.3) is 5.91 Å². The van der Waals surface area contributed by atoms with Crippen molar-refractivity contribution >= 4 is 29.3 Å². The molecule has 2 aromatic rings. The minimum absolute atomic E-state index is 0.0136. The van der Waals surface area contributed by atoms with Crippen LogP contribution in [0.4, 0.5) is 10.1 Å². The lowest BCUT2D eigenvalue weighted by Crippen LogP contribution is -2.54. The number of nitrogens with zero attached hydrogens (tertiary/aromatic N) is 4. The quantitative estimate of drug-likeness (QED) is 0.359. The first-order valence-corrected chi connectivity index (χ1v) is 15.8. The Morgan fingerprint density at radius 2 is 1.70 bits per heavy atom. The van der Waals surface area contributed by atoms with E-state index in [9.17, 15) is 19.2 Å². The third kappa shape index (κ3) is 8.43. The third-order valence-corrected chi connectivity index (χ3v) is 8.85. The summed E-state index contributed by atoms with van der Waals surface area (Å²) in [6.07, 6.45) is 5.34. The third-order valence-electron chi connectivity index (χ3n) is 8.85. The Balaban J connectivity index is 1.48. The number of hydrogen-bond acceptors (Lipinski definition) is 6. The number of halogens is 1. The molecule has 0 bridgehead atoms. The summed E-state index contributed by atoms with van der Waals surface area (Å²) in [5, 5.41) is 12.6. The number of carbonyl (C=O) groups excluding carboxylic acids is 4. The smallest absolute Gasteiger partial charge is 0.270 e. The van der Waals surface area contributed by atoms with E-state index in [0.717, 1.165) is 38.8 Å². The normalized spacial score (nSPS) is 20.4. The van der Waals surface area contributed by atoms with Crippen LogP contribution in [0, 0.1) is 17.7 Å². The number of hydrogen-bond donors (Lipinski definition) is 3. The summed E-state index contributed by atoms with van der Waals surface area (Å²) in [4.78, 5) is 56.2. The van der Waals surface area contributed by atoms with Gasteiger partial charge in [-0.05, 0) is 62.4 Å². The molecule has 1 aliphatic heterocycles. The Kier molecular flexibility index (Phi) is 11.5. The fourth-order valence-electron chi connectivity index (χ4n) is 5.99. The van der Waals surface area contributed by atoms with Crippen LogP contribution < -0.4 is 16.0 Å². The first-order valence-electron chi connectivity index (χ1n) is 15.8. The molecule has 4 rings (SSSR count). The predicted octanol–water partition coefficient (Wildman–Crippen LogP) is 2.82. The fraction of sp³-hybridized carbons (Fsp3) is 0.594. The number of carbonyl (C=O) groups is 4. The lowest BCUT2D eigenvalue weighted by Gasteiger charge is -2.34. The van der Waals surface area contributed by atoms with Crippen LogP contribution in [-0.4, -0.2) is 88.5 Å². The van der Waals surface area contributed by atoms with Gasteiger partial charge < -0.3 is 25.8 Å². The van der Waals surface area contributed by atoms with E-state index in [2.05, 4.69) is 32.9 Å². The molecule has 1 saturated heterocycles. The molecule has 1 aromatic carbocycles. The van der Waals surface area contributed by atoms with Gasteiger partial charge in [0.2, 0.25) is 17.7 Å². The molecule has 44 heavy (non-hydrogen) atoms. The van der Waals surface area contributed by atoms with Crippen molar-refractivity contribution in [3.63, 3.8) is 0 Å². The molecule has 2 aliphatic rings. The number of benzene rings is 1. The molecule has 0 unspecified atom stereocenters. The highest BCUT2D eigenvalue weighted by Crippen LogP contribution is 2.31. The maximum Gasteiger partial charge on any atom is 0.270 e. The molecule has 2 atom stereocenters. The van der Waals surface area contributed by atoms with Gasteiger partial charge in [-0.1, -0.05) is 32.8 Å². The average Bonchev–Trinajstić information content (AvgIpc) is 3.50. The van der Waals surface area contributed by atoms with Crippen LogP contribution in [-0.2, 0) is 27.3 Å². The van der Waals surface area contributed by atoms with E-state index in [-0.39, 0.29) is 36.3 Å². The Labute approximate surface area is 258 Å². The van der Waals surface area contributed by atoms with Crippen molar-refractivity contribution in [3.8, 4) is 0 Å². The van der Waals surface area contributed by atoms with Gasteiger partial charge in [-0.15, -0.1) is 0 Å². The Morgan fingerprint density at radius 1 is 1.00 bits per heavy atom. The molecular weight excluding hydrogens is 565 g/mol. The van der Waals surface area contributed by atoms with Crippen LogP contribution in [0.2, 0.25) is 0 Å². The van der Waals surface area contributed by atoms with Crippen molar-refractivity contribution in [2.75, 3.05) is 38.5 Å². The first kappa shape index (κ1) is 33.1. The van der Waals surface area contributed by atoms with Gasteiger partial charge >= 0.3 is 0 Å². The van der Waals surface area contributed by atoms with Crippen LogP contribution in [0.3, 0.4) is 0 Å². The monoisotopic (exact) mass is 611 g/mol. The van der Waals surface area contributed by atoms with E-state index in [1.165, 1.54) is 12.1 Å². The molecule has 2 fully saturated rings. The molecule has 2 heterocycles. The van der Waals surface area contributed by atoms with Crippen LogP contribution in [0.15, 0.2) is 30.5 Å². The molecule has 1 aliphatic carbocycles. The summed E-state index contributed by atoms with van der Waals surface area (Å²) in [7, 11) is 2.00. The van der Waals surface area contributed by atoms with Crippen molar-refractivity contribution in [2.45, 2.75) is 77.9 Å². The zero-order valence-electron chi connectivity index (χ0n) is 26.3. The zero-order valence-corrected chi connectivity index (χ0v) is 26.3. The lowest BCUT2D eigenvalue weighted by atomic mass is 9.79. The number of aryl methyl sites for hydroxylation is 1. The van der Waals surface area contributed by atoms with Crippen molar-refractivity contribution in [1.82, 2.24) is 30.2 Å². The van der Waals surface area contributed by atoms with E-state index in [0.29, 0.717) is 36.8 Å². The van der Waals surface area contributed by atoms with E-state index < -0.39 is 29.7 Å². The second-order valence-electron chi connectivity index (χ2n) is 12.1. The van der Waals surface area contributed by atoms with E-state index in [4.69, 9.17) is 0 Å². The van der Waals surface area contributed by atoms with Crippen molar-refractivity contribution in [3.05, 3.63) is 47.5 Å². The summed E-state index contributed by atoms with van der Waals surface area (Å²) >= 11 is 0. The largest absolute Gasteiger partial charge is 0.344 e. The topological polar surface area (TPSA) is 129 Å². The standard InChI is InChI=1S/C32H46FN7O4/c1-5-28(41)35-26(32(44)39-17-15-38(4)16-18-39)20-22-9-12-25(24(33)19-22)36-31(43)29(23-10-7-21(3)8-11-23)37-30(42)27-13-14-34-40(27)6-2/h9,12-14,19,21,23,26,29H,5-8,10-11,15-18,20H2,1-4H3,(H,35,41)(H,36,43)(H,37,42)/t21-,23-,26-,29+/m1/s1. The second kappa shape index (κ2) is 15.3. The molecule has 1 saturated carbocycles. The Morgan fingerprint density at radius 3 is 2.34 bits per heavy atom. The Bertz CT molecular complexity index is 1320. The van der Waals surface area contributed by atoms with Crippen molar-refractivity contribution in [1.29, 1.82) is 0 Å². The molecule has 3 N–H and O–H groups in total. The summed E-state index contributed by atoms with van der Waals surface area (Å²) in [6, 6.07) is 4.35. The number of amides is 4. The number of nitrogens with one attached hydrogen (secondary N) is 3. The van der Waals surface area contributed by atoms with E-state index in [1.807, 2.05) is 14.0 Å². The number of anilines is 1. The highest BCUT2D eigenvalue weighted by Gasteiger charge is 2.34. The first-order chi connectivity index (χ1) is 21.1. The highest BCUT2D eigenvalue weighted by atomic mass is 19.1. The summed E-state index contributed by atoms with van der Waals surface area (Å²) in [5.74, 6) is -1.52. The summed E-state index contributed by atoms with van der Waals surface area (Å²) in [5.41, 5.74) is 0.865. The van der Waals surface area contributed by atoms with E-state index in [1.54, 1.807) is 34.8 Å². The zero-order chi connectivity index (χ0) is 31.8. The molecule has 1 aromatic heterocycles. The molecule has 11 nitrogen and oxygen atoms in total. The van der Waals surface area contributed by atoms with Gasteiger partial charge in [0.05, 0.1) is 5.69 Å². The van der Waals surface area contributed by atoms with Gasteiger partial charge in [-0.25, -0.2) is 4.39 Å². The fourth-order valence-corrected chi connectivity index (χ4v) is 5.99. The molecule has 0 radical (unpaired) electrons. The van der Waals surface area contributed by atoms with Gasteiger partial charge in [0.15, 0.2) is 0 Å². The highest BCUT2D eigenvalue weighted by molar-refractivity contribution is 6.00. The maximum atomic E-state index is 15.4. The number of aromatic nitrogens is 2. The molecule has 0 spiro atoms. The maximum absolute atomic E-state index is 15.4. The minimum atomic E-state index is -0.843. The predicted molar refractivity (Wildman–Crippen MR) is 165 cm³/mol. The van der Waals surface area contributed by atoms with E-state index >= 15 is 4.39 Å². The number of piperazine rings is 1. The van der Waals surface area contributed by atoms with Crippen molar-refractivity contribution in [2.24, 2.45) is 11.8 Å². The van der Waals surface area contributed by atoms with Gasteiger partial charge in [0.1, 0.15) is 23.6 Å². The minimum Gasteiger partial charge on any atom is -0.344 e.